The van der Waals surface area contributed by atoms with E-state index in [2.05, 4.69) is 60.8 Å². The van der Waals surface area contributed by atoms with Crippen molar-refractivity contribution in [2.45, 2.75) is 25.7 Å². The first-order chi connectivity index (χ1) is 7.00. The molecule has 0 saturated heterocycles. The highest BCUT2D eigenvalue weighted by Gasteiger charge is 1.79. The number of hydrogen-bond donors (Lipinski definition) is 0. The van der Waals surface area contributed by atoms with Gasteiger partial charge >= 0.3 is 0 Å². The van der Waals surface area contributed by atoms with Gasteiger partial charge in [0.2, 0.25) is 0 Å². The molecule has 0 heterocycles. The van der Waals surface area contributed by atoms with Crippen LogP contribution in [-0.4, -0.2) is 0 Å². The molecular formula is C14H18. The number of allylic oxidation sites excluding steroid dienone is 10. The van der Waals surface area contributed by atoms with E-state index >= 15 is 0 Å². The van der Waals surface area contributed by atoms with Gasteiger partial charge in [0.15, 0.2) is 0 Å². The van der Waals surface area contributed by atoms with Crippen LogP contribution in [0.1, 0.15) is 25.7 Å². The van der Waals surface area contributed by atoms with Gasteiger partial charge in [-0.2, -0.15) is 0 Å². The third-order valence-corrected chi connectivity index (χ3v) is 2.00. The topological polar surface area (TPSA) is 0 Å². The predicted molar refractivity (Wildman–Crippen MR) is 64.2 cm³/mol. The van der Waals surface area contributed by atoms with E-state index in [-0.39, 0.29) is 0 Å². The maximum atomic E-state index is 2.23. The largest absolute Gasteiger partial charge is 0.0845 e. The molecule has 0 saturated carbocycles. The summed E-state index contributed by atoms with van der Waals surface area (Å²) in [5.41, 5.74) is 0. The molecule has 0 aromatic carbocycles. The Morgan fingerprint density at radius 1 is 0.500 bits per heavy atom. The lowest BCUT2D eigenvalue weighted by atomic mass is 10.2. The van der Waals surface area contributed by atoms with Gasteiger partial charge in [0, 0.05) is 0 Å². The molecule has 0 atom stereocenters. The zero-order chi connectivity index (χ0) is 9.90. The van der Waals surface area contributed by atoms with Gasteiger partial charge in [-0.15, -0.1) is 0 Å². The summed E-state index contributed by atoms with van der Waals surface area (Å²) >= 11 is 0. The Morgan fingerprint density at radius 2 is 1.00 bits per heavy atom. The quantitative estimate of drug-likeness (QED) is 0.528. The molecule has 74 valence electrons. The molecule has 14 heavy (non-hydrogen) atoms. The van der Waals surface area contributed by atoms with E-state index in [4.69, 9.17) is 0 Å². The zero-order valence-corrected chi connectivity index (χ0v) is 8.60. The summed E-state index contributed by atoms with van der Waals surface area (Å²) in [5.74, 6) is 0. The first-order valence-electron chi connectivity index (χ1n) is 5.30. The number of rotatable bonds is 0. The first kappa shape index (κ1) is 10.8. The Morgan fingerprint density at radius 3 is 1.71 bits per heavy atom. The van der Waals surface area contributed by atoms with Crippen molar-refractivity contribution in [1.82, 2.24) is 0 Å². The summed E-state index contributed by atoms with van der Waals surface area (Å²) < 4.78 is 0. The summed E-state index contributed by atoms with van der Waals surface area (Å²) in [6, 6.07) is 0. The molecule has 1 aliphatic carbocycles. The molecule has 1 aliphatic rings. The molecule has 0 bridgehead atoms. The predicted octanol–water partition coefficient (Wildman–Crippen LogP) is 4.34. The fourth-order valence-corrected chi connectivity index (χ4v) is 1.22. The van der Waals surface area contributed by atoms with Crippen LogP contribution in [0.5, 0.6) is 0 Å². The third kappa shape index (κ3) is 6.24. The summed E-state index contributed by atoms with van der Waals surface area (Å²) in [4.78, 5) is 0. The second kappa shape index (κ2) is 8.31. The molecule has 0 aromatic heterocycles. The lowest BCUT2D eigenvalue weighted by molar-refractivity contribution is 0.868. The second-order valence-corrected chi connectivity index (χ2v) is 3.26. The summed E-state index contributed by atoms with van der Waals surface area (Å²) in [6.07, 6.45) is 26.0. The van der Waals surface area contributed by atoms with E-state index in [1.807, 2.05) is 0 Å². The van der Waals surface area contributed by atoms with Gasteiger partial charge in [0.1, 0.15) is 0 Å². The highest BCUT2D eigenvalue weighted by molar-refractivity contribution is 5.13. The maximum absolute atomic E-state index is 2.23. The van der Waals surface area contributed by atoms with Crippen LogP contribution in [0.25, 0.3) is 0 Å². The van der Waals surface area contributed by atoms with E-state index in [9.17, 15) is 0 Å². The minimum Gasteiger partial charge on any atom is -0.0845 e. The first-order valence-corrected chi connectivity index (χ1v) is 5.30. The van der Waals surface area contributed by atoms with E-state index in [0.29, 0.717) is 0 Å². The van der Waals surface area contributed by atoms with E-state index in [0.717, 1.165) is 6.42 Å². The molecule has 0 unspecified atom stereocenters. The van der Waals surface area contributed by atoms with E-state index < -0.39 is 0 Å². The molecule has 0 fully saturated rings. The van der Waals surface area contributed by atoms with Crippen molar-refractivity contribution in [1.29, 1.82) is 0 Å². The monoisotopic (exact) mass is 186 g/mol. The average molecular weight is 186 g/mol. The Kier molecular flexibility index (Phi) is 6.39. The molecule has 0 amide bonds. The van der Waals surface area contributed by atoms with Crippen molar-refractivity contribution < 1.29 is 0 Å². The van der Waals surface area contributed by atoms with E-state index in [1.54, 1.807) is 0 Å². The van der Waals surface area contributed by atoms with Gasteiger partial charge in [-0.05, 0) is 25.7 Å². The van der Waals surface area contributed by atoms with Crippen LogP contribution in [0.3, 0.4) is 0 Å². The van der Waals surface area contributed by atoms with Gasteiger partial charge in [-0.3, -0.25) is 0 Å². The van der Waals surface area contributed by atoms with Gasteiger partial charge in [0.25, 0.3) is 0 Å². The fourth-order valence-electron chi connectivity index (χ4n) is 1.22. The van der Waals surface area contributed by atoms with Gasteiger partial charge in [-0.25, -0.2) is 0 Å². The normalized spacial score (nSPS) is 25.1. The molecule has 0 aliphatic heterocycles. The molecule has 0 radical (unpaired) electrons. The molecule has 0 N–H and O–H groups in total. The SMILES string of the molecule is C1=CC\C=C/C=C/C=C/CCCC=C1. The Balaban J connectivity index is 2.45. The summed E-state index contributed by atoms with van der Waals surface area (Å²) in [7, 11) is 0. The van der Waals surface area contributed by atoms with E-state index in [1.165, 1.54) is 19.3 Å². The van der Waals surface area contributed by atoms with Crippen molar-refractivity contribution in [3.05, 3.63) is 60.8 Å². The Hall–Kier alpha value is -1.30. The van der Waals surface area contributed by atoms with Crippen LogP contribution < -0.4 is 0 Å². The molecular weight excluding hydrogens is 168 g/mol. The highest BCUT2D eigenvalue weighted by Crippen LogP contribution is 1.99. The van der Waals surface area contributed by atoms with Gasteiger partial charge < -0.3 is 0 Å². The van der Waals surface area contributed by atoms with Gasteiger partial charge in [-0.1, -0.05) is 60.8 Å². The van der Waals surface area contributed by atoms with Crippen LogP contribution in [0.2, 0.25) is 0 Å². The van der Waals surface area contributed by atoms with Crippen molar-refractivity contribution in [2.24, 2.45) is 0 Å². The molecule has 0 aromatic rings. The van der Waals surface area contributed by atoms with Crippen LogP contribution in [0.15, 0.2) is 60.8 Å². The highest BCUT2D eigenvalue weighted by atomic mass is 13.9. The average Bonchev–Trinajstić information content (AvgIpc) is 2.22. The Labute approximate surface area is 87.0 Å². The lowest BCUT2D eigenvalue weighted by Gasteiger charge is -1.89. The van der Waals surface area contributed by atoms with Gasteiger partial charge in [0.05, 0.1) is 0 Å². The second-order valence-electron chi connectivity index (χ2n) is 3.26. The van der Waals surface area contributed by atoms with Crippen molar-refractivity contribution in [3.8, 4) is 0 Å². The third-order valence-electron chi connectivity index (χ3n) is 2.00. The van der Waals surface area contributed by atoms with Crippen molar-refractivity contribution in [3.63, 3.8) is 0 Å². The van der Waals surface area contributed by atoms with Crippen LogP contribution in [0, 0.1) is 0 Å². The van der Waals surface area contributed by atoms with Crippen molar-refractivity contribution in [2.75, 3.05) is 0 Å². The molecule has 0 spiro atoms. The molecule has 0 heteroatoms. The van der Waals surface area contributed by atoms with Crippen LogP contribution in [-0.2, 0) is 0 Å². The fraction of sp³-hybridized carbons (Fsp3) is 0.286. The summed E-state index contributed by atoms with van der Waals surface area (Å²) in [5, 5.41) is 0. The minimum atomic E-state index is 1.01. The smallest absolute Gasteiger partial charge is 0.0163 e. The van der Waals surface area contributed by atoms with Crippen LogP contribution >= 0.6 is 0 Å². The minimum absolute atomic E-state index is 1.01. The lowest BCUT2D eigenvalue weighted by Crippen LogP contribution is -1.68. The molecule has 0 nitrogen and oxygen atoms in total. The Bertz CT molecular complexity index is 262. The van der Waals surface area contributed by atoms with Crippen molar-refractivity contribution >= 4 is 0 Å². The molecule has 1 rings (SSSR count). The maximum Gasteiger partial charge on any atom is -0.0163 e. The number of hydrogen-bond acceptors (Lipinski definition) is 0. The zero-order valence-electron chi connectivity index (χ0n) is 8.60. The summed E-state index contributed by atoms with van der Waals surface area (Å²) in [6.45, 7) is 0. The standard InChI is InChI=1S/C14H18/c1-2-4-6-8-10-12-14-13-11-9-7-5-3-1/h1-6,9,11,13-14H,7-8,10,12H2/b2-1+,5-3-,6-4+,11-9?,14-13?. The van der Waals surface area contributed by atoms with Crippen LogP contribution in [0.4, 0.5) is 0 Å².